The van der Waals surface area contributed by atoms with Gasteiger partial charge in [0.05, 0.1) is 0 Å². The van der Waals surface area contributed by atoms with Crippen molar-refractivity contribution in [2.24, 2.45) is 0 Å². The monoisotopic (exact) mass is 130 g/mol. The van der Waals surface area contributed by atoms with Crippen LogP contribution in [0.2, 0.25) is 0 Å². The zero-order chi connectivity index (χ0) is 6.41. The average Bonchev–Trinajstić information content (AvgIpc) is 1.83. The molecule has 2 nitrogen and oxygen atoms in total. The van der Waals surface area contributed by atoms with E-state index in [4.69, 9.17) is 0 Å². The second kappa shape index (κ2) is 4.54. The fourth-order valence-corrected chi connectivity index (χ4v) is 0.266. The van der Waals surface area contributed by atoms with Crippen LogP contribution < -0.4 is 0 Å². The minimum atomic E-state index is -0.387. The molecule has 0 N–H and O–H groups in total. The molecular weight excluding hydrogens is 123 g/mol. The van der Waals surface area contributed by atoms with E-state index in [1.54, 1.807) is 0 Å². The van der Waals surface area contributed by atoms with E-state index in [0.717, 1.165) is 0 Å². The Labute approximate surface area is 50.4 Å². The van der Waals surface area contributed by atoms with E-state index in [2.05, 4.69) is 20.2 Å². The third-order valence-electron chi connectivity index (χ3n) is 0.461. The minimum absolute atomic E-state index is 0.264. The van der Waals surface area contributed by atoms with Crippen LogP contribution in [0.1, 0.15) is 0 Å². The third-order valence-corrected chi connectivity index (χ3v) is 0.697. The van der Waals surface area contributed by atoms with Crippen LogP contribution in [0.25, 0.3) is 0 Å². The molecule has 0 rings (SSSR count). The average molecular weight is 130 g/mol. The summed E-state index contributed by atoms with van der Waals surface area (Å²) in [5, 5.41) is 0. The van der Waals surface area contributed by atoms with Crippen molar-refractivity contribution in [1.82, 2.24) is 0 Å². The Morgan fingerprint density at radius 2 is 2.50 bits per heavy atom. The van der Waals surface area contributed by atoms with Gasteiger partial charge in [-0.1, -0.05) is 12.7 Å². The fraction of sp³-hybridized carbons (Fsp3) is 0.200. The maximum absolute atomic E-state index is 10.2. The molecule has 0 unspecified atom stereocenters. The van der Waals surface area contributed by atoms with Crippen LogP contribution in [-0.4, -0.2) is 18.4 Å². The van der Waals surface area contributed by atoms with Gasteiger partial charge in [-0.15, -0.1) is 8.86 Å². The van der Waals surface area contributed by atoms with Crippen LogP contribution in [0, 0.1) is 0 Å². The number of rotatable bonds is 3. The Bertz CT molecular complexity index is 109. The molecule has 0 fully saturated rings. The highest BCUT2D eigenvalue weighted by molar-refractivity contribution is 7.21. The molecule has 0 saturated carbocycles. The largest absolute Gasteiger partial charge is 0.458 e. The quantitative estimate of drug-likeness (QED) is 0.318. The number of esters is 1. The number of ether oxygens (including phenoxy) is 1. The molecule has 0 aromatic heterocycles. The van der Waals surface area contributed by atoms with Gasteiger partial charge in [0.25, 0.3) is 0 Å². The van der Waals surface area contributed by atoms with Crippen molar-refractivity contribution >= 4 is 20.6 Å². The predicted octanol–water partition coefficient (Wildman–Crippen LogP) is 0.661. The van der Waals surface area contributed by atoms with Crippen molar-refractivity contribution in [3.05, 3.63) is 12.7 Å². The van der Waals surface area contributed by atoms with Gasteiger partial charge >= 0.3 is 5.97 Å². The first-order chi connectivity index (χ1) is 3.81. The van der Waals surface area contributed by atoms with Gasteiger partial charge in [-0.05, 0) is 0 Å². The molecule has 44 valence electrons. The molecule has 0 amide bonds. The third kappa shape index (κ3) is 3.57. The van der Waals surface area contributed by atoms with Crippen LogP contribution >= 0.6 is 8.86 Å². The zero-order valence-corrected chi connectivity index (χ0v) is 5.39. The predicted molar refractivity (Wildman–Crippen MR) is 35.5 cm³/mol. The lowest BCUT2D eigenvalue weighted by atomic mass is 10.7. The summed E-state index contributed by atoms with van der Waals surface area (Å²) in [4.78, 5) is 10.2. The SMILES string of the molecule is C=CCOC(=O)C=P. The lowest BCUT2D eigenvalue weighted by Gasteiger charge is -1.91. The molecule has 0 aliphatic carbocycles. The van der Waals surface area contributed by atoms with Gasteiger partial charge in [-0.3, -0.25) is 0 Å². The molecule has 0 heterocycles. The fourth-order valence-electron chi connectivity index (χ4n) is 0.183. The summed E-state index contributed by atoms with van der Waals surface area (Å²) in [6, 6.07) is 0. The lowest BCUT2D eigenvalue weighted by molar-refractivity contribution is -0.133. The topological polar surface area (TPSA) is 26.3 Å². The minimum Gasteiger partial charge on any atom is -0.458 e. The molecule has 0 atom stereocenters. The molecule has 3 heteroatoms. The van der Waals surface area contributed by atoms with Crippen LogP contribution in [0.3, 0.4) is 0 Å². The van der Waals surface area contributed by atoms with Gasteiger partial charge in [0.1, 0.15) is 6.61 Å². The van der Waals surface area contributed by atoms with Gasteiger partial charge in [0.2, 0.25) is 0 Å². The Balaban J connectivity index is 3.24. The van der Waals surface area contributed by atoms with E-state index in [0.29, 0.717) is 0 Å². The second-order valence-corrected chi connectivity index (χ2v) is 1.35. The highest BCUT2D eigenvalue weighted by Gasteiger charge is 1.88. The molecule has 0 aromatic rings. The van der Waals surface area contributed by atoms with Crippen molar-refractivity contribution in [2.45, 2.75) is 0 Å². The summed E-state index contributed by atoms with van der Waals surface area (Å²) in [5.74, 6) is 0.783. The maximum atomic E-state index is 10.2. The van der Waals surface area contributed by atoms with Gasteiger partial charge in [-0.2, -0.15) is 0 Å². The summed E-state index contributed by atoms with van der Waals surface area (Å²) in [5.41, 5.74) is 0. The van der Waals surface area contributed by atoms with Crippen molar-refractivity contribution in [2.75, 3.05) is 6.61 Å². The lowest BCUT2D eigenvalue weighted by Crippen LogP contribution is -2.02. The summed E-state index contributed by atoms with van der Waals surface area (Å²) in [7, 11) is 2.85. The molecule has 0 saturated heterocycles. The first-order valence-corrected chi connectivity index (χ1v) is 2.67. The van der Waals surface area contributed by atoms with Crippen molar-refractivity contribution in [1.29, 1.82) is 0 Å². The summed E-state index contributed by atoms with van der Waals surface area (Å²) < 4.78 is 4.48. The Morgan fingerprint density at radius 1 is 1.88 bits per heavy atom. The number of hydrogen-bond donors (Lipinski definition) is 0. The van der Waals surface area contributed by atoms with Crippen LogP contribution in [0.4, 0.5) is 0 Å². The highest BCUT2D eigenvalue weighted by Crippen LogP contribution is 1.74. The van der Waals surface area contributed by atoms with E-state index in [1.165, 1.54) is 11.9 Å². The Morgan fingerprint density at radius 3 is 2.88 bits per heavy atom. The van der Waals surface area contributed by atoms with Gasteiger partial charge in [0.15, 0.2) is 0 Å². The molecule has 8 heavy (non-hydrogen) atoms. The first kappa shape index (κ1) is 7.38. The van der Waals surface area contributed by atoms with E-state index in [-0.39, 0.29) is 12.6 Å². The molecule has 0 spiro atoms. The van der Waals surface area contributed by atoms with E-state index < -0.39 is 0 Å². The Kier molecular flexibility index (Phi) is 4.19. The van der Waals surface area contributed by atoms with Crippen molar-refractivity contribution < 1.29 is 9.53 Å². The molecule has 0 aromatic carbocycles. The van der Waals surface area contributed by atoms with E-state index >= 15 is 0 Å². The zero-order valence-electron chi connectivity index (χ0n) is 4.39. The maximum Gasteiger partial charge on any atom is 0.335 e. The number of carbonyl (C=O) groups is 1. The molecule has 0 radical (unpaired) electrons. The summed E-state index contributed by atoms with van der Waals surface area (Å²) >= 11 is 0. The van der Waals surface area contributed by atoms with Gasteiger partial charge in [-0.25, -0.2) is 4.79 Å². The normalized spacial score (nSPS) is 7.50. The molecule has 0 aliphatic heterocycles. The smallest absolute Gasteiger partial charge is 0.335 e. The van der Waals surface area contributed by atoms with Gasteiger partial charge < -0.3 is 4.74 Å². The van der Waals surface area contributed by atoms with E-state index in [9.17, 15) is 4.79 Å². The van der Waals surface area contributed by atoms with Gasteiger partial charge in [0, 0.05) is 5.80 Å². The van der Waals surface area contributed by atoms with Crippen molar-refractivity contribution in [3.8, 4) is 0 Å². The standard InChI is InChI=1S/C5H7O2P/c1-2-3-7-5(6)4-8/h2,4,8H,1,3H2. The van der Waals surface area contributed by atoms with Crippen LogP contribution in [-0.2, 0) is 9.53 Å². The summed E-state index contributed by atoms with van der Waals surface area (Å²) in [6.45, 7) is 3.62. The highest BCUT2D eigenvalue weighted by atomic mass is 31.0. The van der Waals surface area contributed by atoms with Crippen LogP contribution in [0.15, 0.2) is 12.7 Å². The Hall–Kier alpha value is -0.620. The number of hydrogen-bond acceptors (Lipinski definition) is 2. The molecular formula is C5H7O2P. The first-order valence-electron chi connectivity index (χ1n) is 2.09. The molecule has 0 bridgehead atoms. The number of carbonyl (C=O) groups excluding carboxylic acids is 1. The van der Waals surface area contributed by atoms with Crippen LogP contribution in [0.5, 0.6) is 0 Å². The molecule has 0 aliphatic rings. The van der Waals surface area contributed by atoms with Crippen molar-refractivity contribution in [3.63, 3.8) is 0 Å². The summed E-state index contributed by atoms with van der Waals surface area (Å²) in [6.07, 6.45) is 1.51. The second-order valence-electron chi connectivity index (χ2n) is 1.06. The van der Waals surface area contributed by atoms with E-state index in [1.807, 2.05) is 0 Å².